The van der Waals surface area contributed by atoms with E-state index in [2.05, 4.69) is 22.2 Å². The Labute approximate surface area is 137 Å². The number of nitrogens with one attached hydrogen (secondary N) is 1. The largest absolute Gasteiger partial charge is 0.494 e. The monoisotopic (exact) mass is 317 g/mol. The molecule has 1 aromatic carbocycles. The third-order valence-corrected chi connectivity index (χ3v) is 3.80. The minimum absolute atomic E-state index is 0.0233. The van der Waals surface area contributed by atoms with Gasteiger partial charge in [0.05, 0.1) is 7.11 Å². The smallest absolute Gasteiger partial charge is 0.165 e. The van der Waals surface area contributed by atoms with Gasteiger partial charge in [-0.3, -0.25) is 0 Å². The number of hydrogen-bond acceptors (Lipinski definition) is 4. The summed E-state index contributed by atoms with van der Waals surface area (Å²) in [7, 11) is 1.46. The van der Waals surface area contributed by atoms with Gasteiger partial charge in [-0.1, -0.05) is 19.4 Å². The van der Waals surface area contributed by atoms with Crippen LogP contribution >= 0.6 is 0 Å². The number of rotatable bonds is 8. The van der Waals surface area contributed by atoms with Crippen LogP contribution < -0.4 is 10.1 Å². The zero-order valence-corrected chi connectivity index (χ0v) is 14.0. The summed E-state index contributed by atoms with van der Waals surface area (Å²) in [5, 5.41) is 3.36. The number of methoxy groups -OCH3 is 1. The molecule has 0 aliphatic heterocycles. The molecule has 0 saturated carbocycles. The van der Waals surface area contributed by atoms with Gasteiger partial charge in [0.25, 0.3) is 0 Å². The van der Waals surface area contributed by atoms with Gasteiger partial charge in [0.2, 0.25) is 0 Å². The molecule has 1 heterocycles. The minimum atomic E-state index is -0.345. The third-order valence-electron chi connectivity index (χ3n) is 3.80. The molecule has 0 spiro atoms. The van der Waals surface area contributed by atoms with Gasteiger partial charge >= 0.3 is 0 Å². The van der Waals surface area contributed by atoms with Crippen molar-refractivity contribution in [2.75, 3.05) is 7.11 Å². The molecule has 2 aromatic rings. The van der Waals surface area contributed by atoms with E-state index < -0.39 is 0 Å². The molecular formula is C18H24FN3O. The van der Waals surface area contributed by atoms with Gasteiger partial charge in [0.1, 0.15) is 5.82 Å². The fraction of sp³-hybridized carbons (Fsp3) is 0.444. The second kappa shape index (κ2) is 8.58. The topological polar surface area (TPSA) is 47.0 Å². The summed E-state index contributed by atoms with van der Waals surface area (Å²) in [5.41, 5.74) is 1.90. The molecule has 2 rings (SSSR count). The molecule has 1 aromatic heterocycles. The highest BCUT2D eigenvalue weighted by molar-refractivity contribution is 5.30. The van der Waals surface area contributed by atoms with E-state index in [4.69, 9.17) is 4.74 Å². The fourth-order valence-corrected chi connectivity index (χ4v) is 2.28. The first kappa shape index (κ1) is 17.3. The van der Waals surface area contributed by atoms with Crippen molar-refractivity contribution < 1.29 is 9.13 Å². The van der Waals surface area contributed by atoms with Crippen molar-refractivity contribution in [1.29, 1.82) is 0 Å². The SMILES string of the molecule is CCCCc1ncc(CN[C@H](C)c2ccc(OC)c(F)c2)cn1. The number of nitrogens with zero attached hydrogens (tertiary/aromatic N) is 2. The van der Waals surface area contributed by atoms with E-state index >= 15 is 0 Å². The predicted octanol–water partition coefficient (Wildman–Crippen LogP) is 3.82. The molecule has 4 nitrogen and oxygen atoms in total. The lowest BCUT2D eigenvalue weighted by atomic mass is 10.1. The van der Waals surface area contributed by atoms with Crippen LogP contribution in [0.3, 0.4) is 0 Å². The van der Waals surface area contributed by atoms with E-state index in [0.717, 1.165) is 36.2 Å². The highest BCUT2D eigenvalue weighted by Gasteiger charge is 2.09. The Balaban J connectivity index is 1.90. The summed E-state index contributed by atoms with van der Waals surface area (Å²) < 4.78 is 18.7. The van der Waals surface area contributed by atoms with Crippen LogP contribution in [0.2, 0.25) is 0 Å². The second-order valence-corrected chi connectivity index (χ2v) is 5.61. The summed E-state index contributed by atoms with van der Waals surface area (Å²) in [6.45, 7) is 4.79. The number of aromatic nitrogens is 2. The summed E-state index contributed by atoms with van der Waals surface area (Å²) in [4.78, 5) is 8.75. The number of aryl methyl sites for hydroxylation is 1. The highest BCUT2D eigenvalue weighted by Crippen LogP contribution is 2.21. The van der Waals surface area contributed by atoms with E-state index in [9.17, 15) is 4.39 Å². The van der Waals surface area contributed by atoms with Gasteiger partial charge < -0.3 is 10.1 Å². The Hall–Kier alpha value is -2.01. The van der Waals surface area contributed by atoms with Crippen molar-refractivity contribution in [3.63, 3.8) is 0 Å². The summed E-state index contributed by atoms with van der Waals surface area (Å²) >= 11 is 0. The zero-order valence-electron chi connectivity index (χ0n) is 14.0. The van der Waals surface area contributed by atoms with Crippen molar-refractivity contribution >= 4 is 0 Å². The molecule has 0 amide bonds. The van der Waals surface area contributed by atoms with Crippen LogP contribution in [0, 0.1) is 5.82 Å². The minimum Gasteiger partial charge on any atom is -0.494 e. The van der Waals surface area contributed by atoms with Crippen molar-refractivity contribution in [1.82, 2.24) is 15.3 Å². The molecule has 0 aliphatic rings. The average Bonchev–Trinajstić information content (AvgIpc) is 2.58. The predicted molar refractivity (Wildman–Crippen MR) is 88.9 cm³/mol. The van der Waals surface area contributed by atoms with Gasteiger partial charge in [-0.05, 0) is 31.0 Å². The van der Waals surface area contributed by atoms with Crippen LogP contribution in [0.1, 0.15) is 49.7 Å². The van der Waals surface area contributed by atoms with Crippen LogP contribution in [-0.4, -0.2) is 17.1 Å². The molecule has 0 saturated heterocycles. The summed E-state index contributed by atoms with van der Waals surface area (Å²) in [6, 6.07) is 5.04. The van der Waals surface area contributed by atoms with Crippen molar-refractivity contribution in [2.24, 2.45) is 0 Å². The van der Waals surface area contributed by atoms with Crippen LogP contribution in [0.4, 0.5) is 4.39 Å². The lowest BCUT2D eigenvalue weighted by Gasteiger charge is -2.15. The fourth-order valence-electron chi connectivity index (χ4n) is 2.28. The normalized spacial score (nSPS) is 12.2. The first-order valence-corrected chi connectivity index (χ1v) is 8.00. The Bertz CT molecular complexity index is 616. The van der Waals surface area contributed by atoms with Gasteiger partial charge in [0, 0.05) is 37.0 Å². The van der Waals surface area contributed by atoms with Gasteiger partial charge in [-0.2, -0.15) is 0 Å². The molecule has 23 heavy (non-hydrogen) atoms. The molecule has 0 unspecified atom stereocenters. The lowest BCUT2D eigenvalue weighted by molar-refractivity contribution is 0.385. The number of hydrogen-bond donors (Lipinski definition) is 1. The van der Waals surface area contributed by atoms with Crippen LogP contribution in [-0.2, 0) is 13.0 Å². The summed E-state index contributed by atoms with van der Waals surface area (Å²) in [5.74, 6) is 0.806. The van der Waals surface area contributed by atoms with Gasteiger partial charge in [0.15, 0.2) is 11.6 Å². The molecule has 1 atom stereocenters. The molecule has 0 radical (unpaired) electrons. The zero-order chi connectivity index (χ0) is 16.7. The molecular weight excluding hydrogens is 293 g/mol. The lowest BCUT2D eigenvalue weighted by Crippen LogP contribution is -2.18. The maximum absolute atomic E-state index is 13.7. The van der Waals surface area contributed by atoms with Gasteiger partial charge in [-0.15, -0.1) is 0 Å². The molecule has 0 bridgehead atoms. The molecule has 0 aliphatic carbocycles. The maximum Gasteiger partial charge on any atom is 0.165 e. The Morgan fingerprint density at radius 1 is 1.26 bits per heavy atom. The Kier molecular flexibility index (Phi) is 6.47. The van der Waals surface area contributed by atoms with Crippen LogP contribution in [0.25, 0.3) is 0 Å². The van der Waals surface area contributed by atoms with E-state index in [1.165, 1.54) is 13.2 Å². The number of halogens is 1. The van der Waals surface area contributed by atoms with Crippen molar-refractivity contribution in [3.05, 3.63) is 53.4 Å². The number of unbranched alkanes of at least 4 members (excludes halogenated alkanes) is 1. The van der Waals surface area contributed by atoms with Gasteiger partial charge in [-0.25, -0.2) is 14.4 Å². The van der Waals surface area contributed by atoms with E-state index in [1.807, 2.05) is 25.4 Å². The Morgan fingerprint density at radius 3 is 2.61 bits per heavy atom. The Morgan fingerprint density at radius 2 is 2.00 bits per heavy atom. The van der Waals surface area contributed by atoms with E-state index in [-0.39, 0.29) is 17.6 Å². The second-order valence-electron chi connectivity index (χ2n) is 5.61. The average molecular weight is 317 g/mol. The first-order chi connectivity index (χ1) is 11.1. The van der Waals surface area contributed by atoms with Crippen LogP contribution in [0.15, 0.2) is 30.6 Å². The third kappa shape index (κ3) is 4.99. The maximum atomic E-state index is 13.7. The number of benzene rings is 1. The molecule has 1 N–H and O–H groups in total. The van der Waals surface area contributed by atoms with E-state index in [0.29, 0.717) is 6.54 Å². The molecule has 124 valence electrons. The highest BCUT2D eigenvalue weighted by atomic mass is 19.1. The molecule has 0 fully saturated rings. The van der Waals surface area contributed by atoms with Crippen molar-refractivity contribution in [2.45, 2.75) is 45.7 Å². The van der Waals surface area contributed by atoms with Crippen LogP contribution in [0.5, 0.6) is 5.75 Å². The number of ether oxygens (including phenoxy) is 1. The van der Waals surface area contributed by atoms with E-state index in [1.54, 1.807) is 6.07 Å². The standard InChI is InChI=1S/C18H24FN3O/c1-4-5-6-18-21-11-14(12-22-18)10-20-13(2)15-7-8-17(23-3)16(19)9-15/h7-9,11-13,20H,4-6,10H2,1-3H3/t13-/m1/s1. The molecule has 5 heteroatoms. The summed E-state index contributed by atoms with van der Waals surface area (Å²) in [6.07, 6.45) is 6.88. The van der Waals surface area contributed by atoms with Crippen molar-refractivity contribution in [3.8, 4) is 5.75 Å². The first-order valence-electron chi connectivity index (χ1n) is 8.00. The quantitative estimate of drug-likeness (QED) is 0.804.